The highest BCUT2D eigenvalue weighted by atomic mass is 16.5. The lowest BCUT2D eigenvalue weighted by atomic mass is 9.74. The zero-order chi connectivity index (χ0) is 23.8. The number of carbonyl (C=O) groups is 1. The molecule has 1 aliphatic rings. The van der Waals surface area contributed by atoms with Gasteiger partial charge < -0.3 is 14.8 Å². The molecule has 0 spiro atoms. The number of fused-ring (bicyclic) bond motifs is 1. The number of piperidine rings is 1. The smallest absolute Gasteiger partial charge is 0.335 e. The highest BCUT2D eigenvalue weighted by molar-refractivity contribution is 5.88. The van der Waals surface area contributed by atoms with Gasteiger partial charge in [-0.1, -0.05) is 25.1 Å². The van der Waals surface area contributed by atoms with Crippen LogP contribution in [0.1, 0.15) is 72.6 Å². The fourth-order valence-corrected chi connectivity index (χ4v) is 5.96. The maximum Gasteiger partial charge on any atom is 0.335 e. The first-order valence-corrected chi connectivity index (χ1v) is 12.1. The monoisotopic (exact) mass is 448 g/mol. The van der Waals surface area contributed by atoms with Gasteiger partial charge >= 0.3 is 5.97 Å². The van der Waals surface area contributed by atoms with Crippen molar-refractivity contribution in [2.75, 3.05) is 6.61 Å². The minimum absolute atomic E-state index is 0.187. The van der Waals surface area contributed by atoms with Gasteiger partial charge in [0.1, 0.15) is 0 Å². The Morgan fingerprint density at radius 1 is 1.18 bits per heavy atom. The van der Waals surface area contributed by atoms with Gasteiger partial charge in [0.05, 0.1) is 11.7 Å². The molecule has 1 saturated heterocycles. The van der Waals surface area contributed by atoms with E-state index in [1.165, 1.54) is 33.2 Å². The molecule has 33 heavy (non-hydrogen) atoms. The molecule has 0 aliphatic carbocycles. The molecule has 1 aliphatic heterocycles. The van der Waals surface area contributed by atoms with Crippen LogP contribution in [0.2, 0.25) is 0 Å². The number of carboxylic acid groups (broad SMARTS) is 1. The highest BCUT2D eigenvalue weighted by Gasteiger charge is 2.46. The second-order valence-electron chi connectivity index (χ2n) is 9.52. The number of aromatic amines is 1. The Bertz CT molecular complexity index is 1130. The molecule has 0 bridgehead atoms. The predicted molar refractivity (Wildman–Crippen MR) is 133 cm³/mol. The molecular weight excluding hydrogens is 412 g/mol. The van der Waals surface area contributed by atoms with Crippen molar-refractivity contribution in [3.63, 3.8) is 0 Å². The maximum atomic E-state index is 11.5. The summed E-state index contributed by atoms with van der Waals surface area (Å²) in [6.45, 7) is 12.5. The van der Waals surface area contributed by atoms with Crippen LogP contribution < -0.4 is 0 Å². The standard InChI is InChI=1S/C28H36N2O3/c1-6-28(22-10-8-21(9-11-22)27(31)32)16-23(33-7-2)15-20(5)30(28)17-25-18(3)14-19(4)26-24(25)12-13-29-26/h8-14,20,23,29H,6-7,15-17H2,1-5H3,(H,31,32)/t20-,23+,28?/m0/s1. The van der Waals surface area contributed by atoms with Crippen molar-refractivity contribution in [1.82, 2.24) is 9.88 Å². The molecule has 2 aromatic carbocycles. The van der Waals surface area contributed by atoms with E-state index in [1.807, 2.05) is 18.3 Å². The third kappa shape index (κ3) is 4.20. The summed E-state index contributed by atoms with van der Waals surface area (Å²) in [5.74, 6) is -0.890. The van der Waals surface area contributed by atoms with Gasteiger partial charge in [-0.2, -0.15) is 0 Å². The van der Waals surface area contributed by atoms with Crippen LogP contribution in [0.25, 0.3) is 10.9 Å². The summed E-state index contributed by atoms with van der Waals surface area (Å²) in [4.78, 5) is 17.5. The molecular formula is C28H36N2O3. The lowest BCUT2D eigenvalue weighted by molar-refractivity contribution is -0.0888. The molecule has 5 nitrogen and oxygen atoms in total. The third-order valence-electron chi connectivity index (χ3n) is 7.61. The summed E-state index contributed by atoms with van der Waals surface area (Å²) in [6.07, 6.45) is 5.03. The summed E-state index contributed by atoms with van der Waals surface area (Å²) in [7, 11) is 0. The molecule has 0 radical (unpaired) electrons. The maximum absolute atomic E-state index is 11.5. The van der Waals surface area contributed by atoms with Gasteiger partial charge in [-0.3, -0.25) is 4.90 Å². The van der Waals surface area contributed by atoms with Crippen LogP contribution in [-0.4, -0.2) is 39.7 Å². The van der Waals surface area contributed by atoms with Crippen molar-refractivity contribution in [1.29, 1.82) is 0 Å². The van der Waals surface area contributed by atoms with Crippen LogP contribution in [0.15, 0.2) is 42.6 Å². The SMILES string of the molecule is CCO[C@@H]1C[C@H](C)N(Cc2c(C)cc(C)c3[nH]ccc23)C(CC)(c2ccc(C(=O)O)cc2)C1. The van der Waals surface area contributed by atoms with Crippen molar-refractivity contribution in [2.24, 2.45) is 0 Å². The van der Waals surface area contributed by atoms with Gasteiger partial charge in [-0.25, -0.2) is 4.79 Å². The van der Waals surface area contributed by atoms with Crippen molar-refractivity contribution in [2.45, 2.75) is 78.1 Å². The second kappa shape index (κ2) is 9.32. The molecule has 1 aromatic heterocycles. The largest absolute Gasteiger partial charge is 0.478 e. The Morgan fingerprint density at radius 2 is 1.91 bits per heavy atom. The number of benzene rings is 2. The number of hydrogen-bond acceptors (Lipinski definition) is 3. The van der Waals surface area contributed by atoms with Crippen LogP contribution in [-0.2, 0) is 16.8 Å². The van der Waals surface area contributed by atoms with Gasteiger partial charge in [0, 0.05) is 41.8 Å². The lowest BCUT2D eigenvalue weighted by Crippen LogP contribution is -2.56. The first-order valence-electron chi connectivity index (χ1n) is 12.1. The average molecular weight is 449 g/mol. The molecule has 1 fully saturated rings. The number of aromatic nitrogens is 1. The van der Waals surface area contributed by atoms with Crippen LogP contribution >= 0.6 is 0 Å². The van der Waals surface area contributed by atoms with Crippen molar-refractivity contribution in [3.05, 3.63) is 70.4 Å². The molecule has 0 saturated carbocycles. The Morgan fingerprint density at radius 3 is 2.55 bits per heavy atom. The average Bonchev–Trinajstić information content (AvgIpc) is 3.28. The highest BCUT2D eigenvalue weighted by Crippen LogP contribution is 2.45. The summed E-state index contributed by atoms with van der Waals surface area (Å²) in [5.41, 5.74) is 6.41. The number of nitrogens with one attached hydrogen (secondary N) is 1. The van der Waals surface area contributed by atoms with Gasteiger partial charge in [0.25, 0.3) is 0 Å². The molecule has 5 heteroatoms. The van der Waals surface area contributed by atoms with Crippen molar-refractivity contribution < 1.29 is 14.6 Å². The Labute approximate surface area is 196 Å². The number of carboxylic acids is 1. The minimum Gasteiger partial charge on any atom is -0.478 e. The van der Waals surface area contributed by atoms with E-state index in [1.54, 1.807) is 12.1 Å². The van der Waals surface area contributed by atoms with E-state index >= 15 is 0 Å². The summed E-state index contributed by atoms with van der Waals surface area (Å²) < 4.78 is 6.16. The van der Waals surface area contributed by atoms with Crippen LogP contribution in [0.5, 0.6) is 0 Å². The number of nitrogens with zero attached hydrogens (tertiary/aromatic N) is 1. The number of aromatic carboxylic acids is 1. The van der Waals surface area contributed by atoms with E-state index in [9.17, 15) is 9.90 Å². The van der Waals surface area contributed by atoms with E-state index in [-0.39, 0.29) is 11.6 Å². The first kappa shape index (κ1) is 23.5. The van der Waals surface area contributed by atoms with Gasteiger partial charge in [-0.15, -0.1) is 0 Å². The van der Waals surface area contributed by atoms with Gasteiger partial charge in [-0.05, 0) is 87.4 Å². The van der Waals surface area contributed by atoms with Crippen LogP contribution in [0, 0.1) is 13.8 Å². The van der Waals surface area contributed by atoms with Crippen molar-refractivity contribution >= 4 is 16.9 Å². The number of rotatable bonds is 7. The molecule has 2 heterocycles. The van der Waals surface area contributed by atoms with E-state index in [0.29, 0.717) is 18.2 Å². The molecule has 1 unspecified atom stereocenters. The van der Waals surface area contributed by atoms with E-state index in [2.05, 4.69) is 56.6 Å². The van der Waals surface area contributed by atoms with E-state index in [4.69, 9.17) is 4.74 Å². The van der Waals surface area contributed by atoms with E-state index in [0.717, 1.165) is 25.8 Å². The normalized spacial score (nSPS) is 23.8. The first-order chi connectivity index (χ1) is 15.8. The number of likely N-dealkylation sites (tertiary alicyclic amines) is 1. The fourth-order valence-electron chi connectivity index (χ4n) is 5.96. The molecule has 0 amide bonds. The number of aryl methyl sites for hydroxylation is 2. The van der Waals surface area contributed by atoms with Crippen LogP contribution in [0.3, 0.4) is 0 Å². The van der Waals surface area contributed by atoms with E-state index < -0.39 is 5.97 Å². The Balaban J connectivity index is 1.82. The zero-order valence-corrected chi connectivity index (χ0v) is 20.4. The minimum atomic E-state index is -0.890. The molecule has 176 valence electrons. The van der Waals surface area contributed by atoms with Crippen LogP contribution in [0.4, 0.5) is 0 Å². The summed E-state index contributed by atoms with van der Waals surface area (Å²) >= 11 is 0. The number of hydrogen-bond donors (Lipinski definition) is 2. The van der Waals surface area contributed by atoms with Gasteiger partial charge in [0.2, 0.25) is 0 Å². The van der Waals surface area contributed by atoms with Gasteiger partial charge in [0.15, 0.2) is 0 Å². The number of ether oxygens (including phenoxy) is 1. The molecule has 3 atom stereocenters. The van der Waals surface area contributed by atoms with Crippen molar-refractivity contribution in [3.8, 4) is 0 Å². The fraction of sp³-hybridized carbons (Fsp3) is 0.464. The topological polar surface area (TPSA) is 65.6 Å². The number of H-pyrrole nitrogens is 1. The molecule has 4 rings (SSSR count). The Kier molecular flexibility index (Phi) is 6.64. The quantitative estimate of drug-likeness (QED) is 0.453. The zero-order valence-electron chi connectivity index (χ0n) is 20.4. The predicted octanol–water partition coefficient (Wildman–Crippen LogP) is 6.18. The summed E-state index contributed by atoms with van der Waals surface area (Å²) in [6, 6.07) is 12.3. The molecule has 3 aromatic rings. The second-order valence-corrected chi connectivity index (χ2v) is 9.52. The third-order valence-corrected chi connectivity index (χ3v) is 7.61. The Hall–Kier alpha value is -2.63. The lowest BCUT2D eigenvalue weighted by Gasteiger charge is -2.53. The molecule has 2 N–H and O–H groups in total. The summed E-state index contributed by atoms with van der Waals surface area (Å²) in [5, 5.41) is 10.7.